The second kappa shape index (κ2) is 5.06. The highest BCUT2D eigenvalue weighted by molar-refractivity contribution is 6.01. The van der Waals surface area contributed by atoms with Crippen molar-refractivity contribution in [2.75, 3.05) is 5.32 Å². The topological polar surface area (TPSA) is 110 Å². The minimum absolute atomic E-state index is 0.166. The van der Waals surface area contributed by atoms with Crippen molar-refractivity contribution < 1.29 is 19.6 Å². The Hall–Kier alpha value is -2.44. The van der Waals surface area contributed by atoms with E-state index in [1.165, 1.54) is 18.2 Å². The number of non-ortho nitro benzene ring substituents is 1. The lowest BCUT2D eigenvalue weighted by Crippen LogP contribution is -2.16. The number of aliphatic carboxylic acids is 1. The van der Waals surface area contributed by atoms with Gasteiger partial charge in [0.05, 0.1) is 10.6 Å². The van der Waals surface area contributed by atoms with Gasteiger partial charge in [-0.1, -0.05) is 6.07 Å². The molecule has 0 aliphatic rings. The maximum Gasteiger partial charge on any atom is 0.312 e. The molecule has 7 heteroatoms. The molecule has 2 N–H and O–H groups in total. The Morgan fingerprint density at radius 3 is 2.65 bits per heavy atom. The fraction of sp³-hybridized carbons (Fsp3) is 0.200. The summed E-state index contributed by atoms with van der Waals surface area (Å²) in [5.41, 5.74) is 0.695. The zero-order valence-electron chi connectivity index (χ0n) is 8.97. The number of hydrogen-bond acceptors (Lipinski definition) is 4. The fourth-order valence-corrected chi connectivity index (χ4v) is 1.19. The lowest BCUT2D eigenvalue weighted by atomic mass is 10.2. The first-order valence-corrected chi connectivity index (χ1v) is 4.67. The zero-order valence-corrected chi connectivity index (χ0v) is 8.97. The van der Waals surface area contributed by atoms with Crippen molar-refractivity contribution in [2.45, 2.75) is 13.3 Å². The van der Waals surface area contributed by atoms with Gasteiger partial charge in [0.15, 0.2) is 0 Å². The van der Waals surface area contributed by atoms with E-state index in [4.69, 9.17) is 5.11 Å². The van der Waals surface area contributed by atoms with Gasteiger partial charge in [0.2, 0.25) is 5.91 Å². The number of benzene rings is 1. The molecule has 0 aliphatic carbocycles. The van der Waals surface area contributed by atoms with E-state index >= 15 is 0 Å². The van der Waals surface area contributed by atoms with Crippen LogP contribution in [0, 0.1) is 17.0 Å². The van der Waals surface area contributed by atoms with Crippen LogP contribution < -0.4 is 5.32 Å². The summed E-state index contributed by atoms with van der Waals surface area (Å²) in [6, 6.07) is 3.98. The van der Waals surface area contributed by atoms with Crippen LogP contribution in [0.2, 0.25) is 0 Å². The second-order valence-corrected chi connectivity index (χ2v) is 3.38. The molecule has 1 aromatic carbocycles. The van der Waals surface area contributed by atoms with E-state index in [-0.39, 0.29) is 11.4 Å². The summed E-state index contributed by atoms with van der Waals surface area (Å²) < 4.78 is 0. The van der Waals surface area contributed by atoms with Gasteiger partial charge in [0, 0.05) is 12.1 Å². The highest BCUT2D eigenvalue weighted by atomic mass is 16.6. The predicted molar refractivity (Wildman–Crippen MR) is 58.7 cm³/mol. The number of rotatable bonds is 4. The standard InChI is InChI=1S/C10H10N2O5/c1-6-2-3-7(12(16)17)4-8(6)11-9(13)5-10(14)15/h2-4H,5H2,1H3,(H,11,13)(H,14,15). The average molecular weight is 238 g/mol. The van der Waals surface area contributed by atoms with Gasteiger partial charge in [-0.2, -0.15) is 0 Å². The molecule has 0 spiro atoms. The number of carbonyl (C=O) groups is 2. The normalized spacial score (nSPS) is 9.71. The van der Waals surface area contributed by atoms with E-state index in [0.29, 0.717) is 5.56 Å². The molecular weight excluding hydrogens is 228 g/mol. The second-order valence-electron chi connectivity index (χ2n) is 3.38. The fourth-order valence-electron chi connectivity index (χ4n) is 1.19. The molecule has 0 aliphatic heterocycles. The summed E-state index contributed by atoms with van der Waals surface area (Å²) in [6.07, 6.45) is -0.678. The highest BCUT2D eigenvalue weighted by Gasteiger charge is 2.12. The maximum atomic E-state index is 11.2. The Bertz CT molecular complexity index is 484. The summed E-state index contributed by atoms with van der Waals surface area (Å²) in [7, 11) is 0. The first-order chi connectivity index (χ1) is 7.90. The Kier molecular flexibility index (Phi) is 3.76. The number of nitro benzene ring substituents is 1. The SMILES string of the molecule is Cc1ccc([N+](=O)[O-])cc1NC(=O)CC(=O)O. The van der Waals surface area contributed by atoms with Crippen LogP contribution in [0.15, 0.2) is 18.2 Å². The van der Waals surface area contributed by atoms with Crippen molar-refractivity contribution in [1.29, 1.82) is 0 Å². The van der Waals surface area contributed by atoms with E-state index in [9.17, 15) is 19.7 Å². The summed E-state index contributed by atoms with van der Waals surface area (Å²) in [6.45, 7) is 1.65. The number of nitrogens with one attached hydrogen (secondary N) is 1. The zero-order chi connectivity index (χ0) is 13.0. The Labute approximate surface area is 96.2 Å². The van der Waals surface area contributed by atoms with Crippen LogP contribution in [0.5, 0.6) is 0 Å². The summed E-state index contributed by atoms with van der Waals surface area (Å²) in [4.78, 5) is 31.4. The van der Waals surface area contributed by atoms with Gasteiger partial charge in [-0.05, 0) is 12.5 Å². The molecule has 0 atom stereocenters. The quantitative estimate of drug-likeness (QED) is 0.467. The maximum absolute atomic E-state index is 11.2. The summed E-state index contributed by atoms with van der Waals surface area (Å²) in [5.74, 6) is -1.98. The van der Waals surface area contributed by atoms with Crippen LogP contribution in [0.3, 0.4) is 0 Å². The molecular formula is C10H10N2O5. The van der Waals surface area contributed by atoms with E-state index in [2.05, 4.69) is 5.32 Å². The molecule has 0 fully saturated rings. The Morgan fingerprint density at radius 2 is 2.12 bits per heavy atom. The van der Waals surface area contributed by atoms with Crippen LogP contribution in [0.4, 0.5) is 11.4 Å². The largest absolute Gasteiger partial charge is 0.481 e. The highest BCUT2D eigenvalue weighted by Crippen LogP contribution is 2.21. The van der Waals surface area contributed by atoms with Crippen molar-refractivity contribution in [3.05, 3.63) is 33.9 Å². The average Bonchev–Trinajstić information content (AvgIpc) is 2.19. The van der Waals surface area contributed by atoms with Gasteiger partial charge < -0.3 is 10.4 Å². The van der Waals surface area contributed by atoms with Crippen molar-refractivity contribution in [2.24, 2.45) is 0 Å². The Morgan fingerprint density at radius 1 is 1.47 bits per heavy atom. The number of hydrogen-bond donors (Lipinski definition) is 2. The first-order valence-electron chi connectivity index (χ1n) is 4.67. The third-order valence-corrected chi connectivity index (χ3v) is 2.02. The van der Waals surface area contributed by atoms with Crippen LogP contribution >= 0.6 is 0 Å². The monoisotopic (exact) mass is 238 g/mol. The molecule has 0 bridgehead atoms. The van der Waals surface area contributed by atoms with Gasteiger partial charge in [0.1, 0.15) is 6.42 Å². The molecule has 0 radical (unpaired) electrons. The number of aryl methyl sites for hydroxylation is 1. The molecule has 0 heterocycles. The number of anilines is 1. The minimum Gasteiger partial charge on any atom is -0.481 e. The van der Waals surface area contributed by atoms with E-state index in [1.807, 2.05) is 0 Å². The number of nitrogens with zero attached hydrogens (tertiary/aromatic N) is 1. The van der Waals surface area contributed by atoms with Gasteiger partial charge in [-0.15, -0.1) is 0 Å². The molecule has 0 unspecified atom stereocenters. The molecule has 1 aromatic rings. The molecule has 1 amide bonds. The number of carbonyl (C=O) groups excluding carboxylic acids is 1. The lowest BCUT2D eigenvalue weighted by molar-refractivity contribution is -0.384. The molecule has 0 aromatic heterocycles. The van der Waals surface area contributed by atoms with E-state index < -0.39 is 23.2 Å². The molecule has 90 valence electrons. The predicted octanol–water partition coefficient (Wildman–Crippen LogP) is 1.32. The first kappa shape index (κ1) is 12.6. The Balaban J connectivity index is 2.90. The van der Waals surface area contributed by atoms with Crippen molar-refractivity contribution in [1.82, 2.24) is 0 Å². The third kappa shape index (κ3) is 3.56. The number of carboxylic acid groups (broad SMARTS) is 1. The molecule has 17 heavy (non-hydrogen) atoms. The van der Waals surface area contributed by atoms with Crippen LogP contribution in [-0.4, -0.2) is 21.9 Å². The number of amides is 1. The van der Waals surface area contributed by atoms with Crippen molar-refractivity contribution >= 4 is 23.3 Å². The molecule has 0 saturated carbocycles. The smallest absolute Gasteiger partial charge is 0.312 e. The van der Waals surface area contributed by atoms with E-state index in [0.717, 1.165) is 0 Å². The minimum atomic E-state index is -1.26. The summed E-state index contributed by atoms with van der Waals surface area (Å²) >= 11 is 0. The number of nitro groups is 1. The van der Waals surface area contributed by atoms with Gasteiger partial charge in [-0.3, -0.25) is 19.7 Å². The van der Waals surface area contributed by atoms with Crippen molar-refractivity contribution in [3.8, 4) is 0 Å². The summed E-state index contributed by atoms with van der Waals surface area (Å²) in [5, 5.41) is 21.2. The third-order valence-electron chi connectivity index (χ3n) is 2.02. The van der Waals surface area contributed by atoms with Gasteiger partial charge in [-0.25, -0.2) is 0 Å². The van der Waals surface area contributed by atoms with Gasteiger partial charge >= 0.3 is 5.97 Å². The number of carboxylic acids is 1. The lowest BCUT2D eigenvalue weighted by Gasteiger charge is -2.06. The molecule has 7 nitrogen and oxygen atoms in total. The van der Waals surface area contributed by atoms with Crippen LogP contribution in [0.25, 0.3) is 0 Å². The van der Waals surface area contributed by atoms with Gasteiger partial charge in [0.25, 0.3) is 5.69 Å². The molecule has 0 saturated heterocycles. The molecule has 1 rings (SSSR count). The van der Waals surface area contributed by atoms with Crippen molar-refractivity contribution in [3.63, 3.8) is 0 Å². The van der Waals surface area contributed by atoms with Crippen LogP contribution in [0.1, 0.15) is 12.0 Å². The van der Waals surface area contributed by atoms with Crippen LogP contribution in [-0.2, 0) is 9.59 Å². The van der Waals surface area contributed by atoms with E-state index in [1.54, 1.807) is 6.92 Å².